The van der Waals surface area contributed by atoms with E-state index in [-0.39, 0.29) is 24.1 Å². The highest BCUT2D eigenvalue weighted by Crippen LogP contribution is 2.38. The molecule has 0 radical (unpaired) electrons. The molecule has 0 N–H and O–H groups in total. The summed E-state index contributed by atoms with van der Waals surface area (Å²) in [5.41, 5.74) is 1.48. The molecule has 2 aliphatic heterocycles. The summed E-state index contributed by atoms with van der Waals surface area (Å²) in [6.45, 7) is 2.94. The third-order valence-electron chi connectivity index (χ3n) is 4.17. The molecule has 1 fully saturated rings. The van der Waals surface area contributed by atoms with Crippen LogP contribution < -0.4 is 0 Å². The summed E-state index contributed by atoms with van der Waals surface area (Å²) >= 11 is 0. The fourth-order valence-corrected chi connectivity index (χ4v) is 3.25. The summed E-state index contributed by atoms with van der Waals surface area (Å²) in [5, 5.41) is 0. The van der Waals surface area contributed by atoms with Crippen LogP contribution in [-0.2, 0) is 19.1 Å². The number of piperidine rings is 1. The largest absolute Gasteiger partial charge is 0.465 e. The molecule has 2 heterocycles. The number of allylic oxidation sites excluding steroid dienone is 4. The molecule has 0 bridgehead atoms. The fraction of sp³-hybridized carbons (Fsp3) is 0.533. The Morgan fingerprint density at radius 1 is 1.45 bits per heavy atom. The van der Waals surface area contributed by atoms with Crippen molar-refractivity contribution in [3.8, 4) is 0 Å². The molecule has 1 aliphatic carbocycles. The molecule has 0 spiro atoms. The Kier molecular flexibility index (Phi) is 3.20. The molecule has 106 valence electrons. The number of hydrogen-bond acceptors (Lipinski definition) is 5. The molecule has 0 aromatic carbocycles. The number of rotatable bonds is 2. The van der Waals surface area contributed by atoms with Crippen molar-refractivity contribution in [2.75, 3.05) is 19.7 Å². The second kappa shape index (κ2) is 4.89. The molecule has 2 atom stereocenters. The first-order chi connectivity index (χ1) is 9.63. The first-order valence-electron chi connectivity index (χ1n) is 7.02. The summed E-state index contributed by atoms with van der Waals surface area (Å²) in [4.78, 5) is 38.4. The normalized spacial score (nSPS) is 28.6. The van der Waals surface area contributed by atoms with Crippen LogP contribution >= 0.6 is 0 Å². The number of hydrogen-bond donors (Lipinski definition) is 0. The van der Waals surface area contributed by atoms with Crippen LogP contribution in [0.5, 0.6) is 0 Å². The van der Waals surface area contributed by atoms with E-state index >= 15 is 0 Å². The minimum Gasteiger partial charge on any atom is -0.465 e. The quantitative estimate of drug-likeness (QED) is 0.552. The van der Waals surface area contributed by atoms with Crippen LogP contribution in [0, 0.1) is 11.8 Å². The van der Waals surface area contributed by atoms with E-state index in [1.54, 1.807) is 6.92 Å². The maximum Gasteiger partial charge on any atom is 0.318 e. The molecule has 3 aliphatic rings. The van der Waals surface area contributed by atoms with E-state index < -0.39 is 11.9 Å². The highest BCUT2D eigenvalue weighted by Gasteiger charge is 2.46. The standard InChI is InChI=1S/C15H17NO4/c1-2-20-15(19)11-8-16-7-6-12(17)9-4-3-5-10(13(9)16)14(11)18/h3-4,10-11H,2,5-8H2,1H3. The molecular weight excluding hydrogens is 258 g/mol. The minimum atomic E-state index is -0.718. The van der Waals surface area contributed by atoms with Gasteiger partial charge in [-0.2, -0.15) is 0 Å². The van der Waals surface area contributed by atoms with E-state index in [0.29, 0.717) is 31.5 Å². The molecule has 1 saturated heterocycles. The smallest absolute Gasteiger partial charge is 0.318 e. The van der Waals surface area contributed by atoms with Crippen molar-refractivity contribution in [1.29, 1.82) is 0 Å². The number of Topliss-reactive ketones (excluding diaryl/α,β-unsaturated/α-hetero) is 2. The van der Waals surface area contributed by atoms with Crippen LogP contribution in [0.25, 0.3) is 0 Å². The lowest BCUT2D eigenvalue weighted by Crippen LogP contribution is -2.51. The summed E-state index contributed by atoms with van der Waals surface area (Å²) in [6, 6.07) is 0. The third-order valence-corrected chi connectivity index (χ3v) is 4.17. The van der Waals surface area contributed by atoms with Gasteiger partial charge in [-0.3, -0.25) is 14.4 Å². The summed E-state index contributed by atoms with van der Waals surface area (Å²) in [7, 11) is 0. The van der Waals surface area contributed by atoms with Crippen LogP contribution in [0.15, 0.2) is 23.4 Å². The van der Waals surface area contributed by atoms with Gasteiger partial charge >= 0.3 is 5.97 Å². The molecule has 2 unspecified atom stereocenters. The lowest BCUT2D eigenvalue weighted by Gasteiger charge is -2.43. The molecule has 5 heteroatoms. The first-order valence-corrected chi connectivity index (χ1v) is 7.02. The average Bonchev–Trinajstić information content (AvgIpc) is 2.45. The fourth-order valence-electron chi connectivity index (χ4n) is 3.25. The van der Waals surface area contributed by atoms with E-state index in [1.165, 1.54) is 0 Å². The van der Waals surface area contributed by atoms with Crippen molar-refractivity contribution in [2.24, 2.45) is 11.8 Å². The average molecular weight is 275 g/mol. The predicted octanol–water partition coefficient (Wildman–Crippen LogP) is 0.853. The van der Waals surface area contributed by atoms with Crippen molar-refractivity contribution in [3.63, 3.8) is 0 Å². The minimum absolute atomic E-state index is 0.0968. The molecule has 0 amide bonds. The molecule has 3 rings (SSSR count). The van der Waals surface area contributed by atoms with Gasteiger partial charge < -0.3 is 9.64 Å². The molecule has 0 saturated carbocycles. The Morgan fingerprint density at radius 2 is 2.25 bits per heavy atom. The Balaban J connectivity index is 1.96. The van der Waals surface area contributed by atoms with Crippen LogP contribution in [0.4, 0.5) is 0 Å². The van der Waals surface area contributed by atoms with Crippen molar-refractivity contribution < 1.29 is 19.1 Å². The zero-order chi connectivity index (χ0) is 14.3. The molecule has 0 aromatic heterocycles. The Labute approximate surface area is 117 Å². The molecular formula is C15H17NO4. The third kappa shape index (κ3) is 1.88. The molecule has 5 nitrogen and oxygen atoms in total. The van der Waals surface area contributed by atoms with Gasteiger partial charge in [0, 0.05) is 30.8 Å². The Bertz CT molecular complexity index is 546. The number of ketones is 2. The van der Waals surface area contributed by atoms with E-state index in [1.807, 2.05) is 17.1 Å². The monoisotopic (exact) mass is 275 g/mol. The van der Waals surface area contributed by atoms with Gasteiger partial charge in [-0.1, -0.05) is 12.2 Å². The van der Waals surface area contributed by atoms with Crippen LogP contribution in [-0.4, -0.2) is 42.1 Å². The van der Waals surface area contributed by atoms with Gasteiger partial charge in [0.1, 0.15) is 5.92 Å². The second-order valence-electron chi connectivity index (χ2n) is 5.32. The lowest BCUT2D eigenvalue weighted by atomic mass is 9.76. The van der Waals surface area contributed by atoms with Gasteiger partial charge in [0.25, 0.3) is 0 Å². The summed E-state index contributed by atoms with van der Waals surface area (Å²) in [6.07, 6.45) is 4.69. The maximum absolute atomic E-state index is 12.5. The van der Waals surface area contributed by atoms with Gasteiger partial charge in [-0.25, -0.2) is 0 Å². The first kappa shape index (κ1) is 13.1. The van der Waals surface area contributed by atoms with E-state index in [9.17, 15) is 14.4 Å². The van der Waals surface area contributed by atoms with Gasteiger partial charge in [-0.15, -0.1) is 0 Å². The number of nitrogens with zero attached hydrogens (tertiary/aromatic N) is 1. The van der Waals surface area contributed by atoms with E-state index in [4.69, 9.17) is 4.74 Å². The molecule has 20 heavy (non-hydrogen) atoms. The van der Waals surface area contributed by atoms with Crippen molar-refractivity contribution in [3.05, 3.63) is 23.4 Å². The Hall–Kier alpha value is -1.91. The number of ether oxygens (including phenoxy) is 1. The van der Waals surface area contributed by atoms with Crippen LogP contribution in [0.2, 0.25) is 0 Å². The highest BCUT2D eigenvalue weighted by molar-refractivity contribution is 6.06. The number of carbonyl (C=O) groups excluding carboxylic acids is 3. The maximum atomic E-state index is 12.5. The highest BCUT2D eigenvalue weighted by atomic mass is 16.5. The number of esters is 1. The summed E-state index contributed by atoms with van der Waals surface area (Å²) in [5.74, 6) is -1.53. The lowest BCUT2D eigenvalue weighted by molar-refractivity contribution is -0.154. The summed E-state index contributed by atoms with van der Waals surface area (Å²) < 4.78 is 5.00. The van der Waals surface area contributed by atoms with Crippen molar-refractivity contribution >= 4 is 17.5 Å². The van der Waals surface area contributed by atoms with Gasteiger partial charge in [0.2, 0.25) is 0 Å². The zero-order valence-corrected chi connectivity index (χ0v) is 11.4. The topological polar surface area (TPSA) is 63.7 Å². The number of carbonyl (C=O) groups is 3. The SMILES string of the molecule is CCOC(=O)C1CN2CCC(=O)C3=C2C(CC=C3)C1=O. The van der Waals surface area contributed by atoms with Gasteiger partial charge in [0.15, 0.2) is 11.6 Å². The van der Waals surface area contributed by atoms with Gasteiger partial charge in [0.05, 0.1) is 12.5 Å². The van der Waals surface area contributed by atoms with Crippen molar-refractivity contribution in [2.45, 2.75) is 19.8 Å². The predicted molar refractivity (Wildman–Crippen MR) is 70.6 cm³/mol. The zero-order valence-electron chi connectivity index (χ0n) is 11.4. The second-order valence-corrected chi connectivity index (χ2v) is 5.32. The van der Waals surface area contributed by atoms with Crippen LogP contribution in [0.3, 0.4) is 0 Å². The van der Waals surface area contributed by atoms with E-state index in [0.717, 1.165) is 5.70 Å². The van der Waals surface area contributed by atoms with E-state index in [2.05, 4.69) is 0 Å². The van der Waals surface area contributed by atoms with Gasteiger partial charge in [-0.05, 0) is 13.3 Å². The van der Waals surface area contributed by atoms with Crippen LogP contribution in [0.1, 0.15) is 19.8 Å². The van der Waals surface area contributed by atoms with Crippen molar-refractivity contribution in [1.82, 2.24) is 4.90 Å². The molecule has 0 aromatic rings. The Morgan fingerprint density at radius 3 is 3.00 bits per heavy atom.